The fourth-order valence-corrected chi connectivity index (χ4v) is 3.18. The summed E-state index contributed by atoms with van der Waals surface area (Å²) < 4.78 is 6.69. The third kappa shape index (κ3) is 3.91. The second kappa shape index (κ2) is 7.11. The van der Waals surface area contributed by atoms with Gasteiger partial charge < -0.3 is 10.1 Å². The number of nitrogens with one attached hydrogen (secondary N) is 1. The number of carbonyl (C=O) groups excluding carboxylic acids is 1. The van der Waals surface area contributed by atoms with Gasteiger partial charge in [0.25, 0.3) is 0 Å². The molecule has 3 rings (SSSR count). The van der Waals surface area contributed by atoms with Crippen LogP contribution in [0.4, 0.5) is 0 Å². The normalized spacial score (nSPS) is 15.9. The molecule has 0 unspecified atom stereocenters. The number of thioether (sulfide) groups is 1. The number of tetrazole rings is 1. The van der Waals surface area contributed by atoms with Gasteiger partial charge in [0, 0.05) is 0 Å². The lowest BCUT2D eigenvalue weighted by Gasteiger charge is -2.22. The Morgan fingerprint density at radius 2 is 2.20 bits per heavy atom. The minimum atomic E-state index is -0.792. The van der Waals surface area contributed by atoms with Crippen molar-refractivity contribution in [2.24, 2.45) is 5.92 Å². The van der Waals surface area contributed by atoms with Gasteiger partial charge in [-0.05, 0) is 60.4 Å². The van der Waals surface area contributed by atoms with Crippen LogP contribution in [0.15, 0.2) is 29.4 Å². The van der Waals surface area contributed by atoms with Gasteiger partial charge in [-0.2, -0.15) is 9.94 Å². The van der Waals surface area contributed by atoms with E-state index in [9.17, 15) is 10.1 Å². The van der Waals surface area contributed by atoms with Crippen LogP contribution in [0.2, 0.25) is 0 Å². The number of rotatable bonds is 7. The maximum atomic E-state index is 12.2. The molecule has 1 amide bonds. The van der Waals surface area contributed by atoms with E-state index in [0.717, 1.165) is 24.3 Å². The molecular formula is C16H18N6O2S. The van der Waals surface area contributed by atoms with E-state index >= 15 is 0 Å². The Bertz CT molecular complexity index is 796. The Morgan fingerprint density at radius 3 is 2.80 bits per heavy atom. The predicted octanol–water partition coefficient (Wildman–Crippen LogP) is 1.57. The number of nitriles is 1. The predicted molar refractivity (Wildman–Crippen MR) is 91.3 cm³/mol. The summed E-state index contributed by atoms with van der Waals surface area (Å²) in [5.41, 5.74) is -0.0203. The summed E-state index contributed by atoms with van der Waals surface area (Å²) in [7, 11) is 1.60. The summed E-state index contributed by atoms with van der Waals surface area (Å²) in [6.07, 6.45) is 1.96. The molecule has 9 heteroatoms. The van der Waals surface area contributed by atoms with Crippen molar-refractivity contribution in [1.82, 2.24) is 25.5 Å². The van der Waals surface area contributed by atoms with Gasteiger partial charge in [-0.3, -0.25) is 4.79 Å². The second-order valence-corrected chi connectivity index (χ2v) is 6.94. The third-order valence-corrected chi connectivity index (χ3v) is 5.03. The maximum absolute atomic E-state index is 12.2. The van der Waals surface area contributed by atoms with Crippen molar-refractivity contribution in [3.8, 4) is 17.5 Å². The lowest BCUT2D eigenvalue weighted by molar-refractivity contribution is -0.119. The highest BCUT2D eigenvalue weighted by Crippen LogP contribution is 2.39. The molecule has 0 bridgehead atoms. The van der Waals surface area contributed by atoms with Gasteiger partial charge in [-0.1, -0.05) is 11.8 Å². The molecule has 0 aliphatic heterocycles. The highest BCUT2D eigenvalue weighted by Gasteiger charge is 2.42. The highest BCUT2D eigenvalue weighted by atomic mass is 32.2. The van der Waals surface area contributed by atoms with E-state index in [0.29, 0.717) is 5.16 Å². The zero-order valence-electron chi connectivity index (χ0n) is 14.0. The fraction of sp³-hybridized carbons (Fsp3) is 0.438. The van der Waals surface area contributed by atoms with E-state index in [1.807, 2.05) is 24.3 Å². The first-order valence-corrected chi connectivity index (χ1v) is 8.82. The van der Waals surface area contributed by atoms with Gasteiger partial charge in [0.2, 0.25) is 11.1 Å². The largest absolute Gasteiger partial charge is 0.497 e. The van der Waals surface area contributed by atoms with Crippen molar-refractivity contribution in [3.63, 3.8) is 0 Å². The molecule has 1 N–H and O–H groups in total. The SMILES string of the molecule is COc1ccc(-n2nnnc2SCC(=O)N[C@](C)(C#N)C2CC2)cc1. The highest BCUT2D eigenvalue weighted by molar-refractivity contribution is 7.99. The molecule has 8 nitrogen and oxygen atoms in total. The van der Waals surface area contributed by atoms with Crippen LogP contribution in [0.1, 0.15) is 19.8 Å². The van der Waals surface area contributed by atoms with Gasteiger partial charge in [0.05, 0.1) is 24.6 Å². The van der Waals surface area contributed by atoms with Crippen LogP contribution in [0.5, 0.6) is 5.75 Å². The number of nitrogens with zero attached hydrogens (tertiary/aromatic N) is 5. The standard InChI is InChI=1S/C16H18N6O2S/c1-16(10-17,11-3-4-11)18-14(23)9-25-15-19-20-21-22(15)12-5-7-13(24-2)8-6-12/h5-8,11H,3-4,9H2,1-2H3,(H,18,23)/t16-/m1/s1. The molecule has 130 valence electrons. The van der Waals surface area contributed by atoms with Crippen LogP contribution >= 0.6 is 11.8 Å². The average molecular weight is 358 g/mol. The number of hydrogen-bond acceptors (Lipinski definition) is 7. The number of hydrogen-bond donors (Lipinski definition) is 1. The minimum Gasteiger partial charge on any atom is -0.497 e. The van der Waals surface area contributed by atoms with Crippen LogP contribution in [-0.2, 0) is 4.79 Å². The molecule has 1 aromatic heterocycles. The summed E-state index contributed by atoms with van der Waals surface area (Å²) in [6, 6.07) is 9.50. The number of amides is 1. The zero-order chi connectivity index (χ0) is 17.9. The van der Waals surface area contributed by atoms with Crippen molar-refractivity contribution >= 4 is 17.7 Å². The molecule has 1 fully saturated rings. The van der Waals surface area contributed by atoms with Crippen LogP contribution in [-0.4, -0.2) is 44.5 Å². The summed E-state index contributed by atoms with van der Waals surface area (Å²) in [4.78, 5) is 12.2. The Kier molecular flexibility index (Phi) is 4.90. The molecule has 0 radical (unpaired) electrons. The van der Waals surface area contributed by atoms with Crippen LogP contribution in [0.25, 0.3) is 5.69 Å². The molecule has 0 saturated heterocycles. The Labute approximate surface area is 149 Å². The van der Waals surface area contributed by atoms with E-state index in [2.05, 4.69) is 26.9 Å². The number of benzene rings is 1. The summed E-state index contributed by atoms with van der Waals surface area (Å²) >= 11 is 1.22. The molecule has 1 aliphatic rings. The number of aromatic nitrogens is 4. The van der Waals surface area contributed by atoms with E-state index in [4.69, 9.17) is 4.74 Å². The van der Waals surface area contributed by atoms with Crippen molar-refractivity contribution in [2.75, 3.05) is 12.9 Å². The van der Waals surface area contributed by atoms with E-state index in [-0.39, 0.29) is 17.6 Å². The van der Waals surface area contributed by atoms with Gasteiger partial charge >= 0.3 is 0 Å². The minimum absolute atomic E-state index is 0.139. The molecule has 0 spiro atoms. The molecule has 2 aromatic rings. The number of methoxy groups -OCH3 is 1. The van der Waals surface area contributed by atoms with E-state index < -0.39 is 5.54 Å². The Morgan fingerprint density at radius 1 is 1.48 bits per heavy atom. The molecule has 1 heterocycles. The van der Waals surface area contributed by atoms with Crippen LogP contribution < -0.4 is 10.1 Å². The van der Waals surface area contributed by atoms with E-state index in [1.54, 1.807) is 18.7 Å². The molecule has 1 aliphatic carbocycles. The molecule has 1 aromatic carbocycles. The Balaban J connectivity index is 1.63. The number of ether oxygens (including phenoxy) is 1. The molecular weight excluding hydrogens is 340 g/mol. The average Bonchev–Trinajstić information content (AvgIpc) is 3.39. The lowest BCUT2D eigenvalue weighted by atomic mass is 9.98. The van der Waals surface area contributed by atoms with Crippen LogP contribution in [0, 0.1) is 17.2 Å². The van der Waals surface area contributed by atoms with Crippen molar-refractivity contribution < 1.29 is 9.53 Å². The van der Waals surface area contributed by atoms with Gasteiger partial charge in [0.15, 0.2) is 0 Å². The topological polar surface area (TPSA) is 106 Å². The lowest BCUT2D eigenvalue weighted by Crippen LogP contribution is -2.47. The first-order chi connectivity index (χ1) is 12.1. The monoisotopic (exact) mass is 358 g/mol. The van der Waals surface area contributed by atoms with Gasteiger partial charge in [-0.15, -0.1) is 5.10 Å². The van der Waals surface area contributed by atoms with Crippen molar-refractivity contribution in [3.05, 3.63) is 24.3 Å². The summed E-state index contributed by atoms with van der Waals surface area (Å²) in [5.74, 6) is 0.920. The molecule has 25 heavy (non-hydrogen) atoms. The number of carbonyl (C=O) groups is 1. The van der Waals surface area contributed by atoms with Gasteiger partial charge in [-0.25, -0.2) is 0 Å². The molecule has 1 atom stereocenters. The third-order valence-electron chi connectivity index (χ3n) is 4.12. The fourth-order valence-electron chi connectivity index (χ4n) is 2.49. The summed E-state index contributed by atoms with van der Waals surface area (Å²) in [5, 5.41) is 24.2. The quantitative estimate of drug-likeness (QED) is 0.749. The smallest absolute Gasteiger partial charge is 0.231 e. The van der Waals surface area contributed by atoms with Crippen molar-refractivity contribution in [1.29, 1.82) is 5.26 Å². The van der Waals surface area contributed by atoms with Gasteiger partial charge in [0.1, 0.15) is 11.3 Å². The first kappa shape index (κ1) is 17.2. The first-order valence-electron chi connectivity index (χ1n) is 7.83. The maximum Gasteiger partial charge on any atom is 0.231 e. The Hall–Kier alpha value is -2.60. The van der Waals surface area contributed by atoms with E-state index in [1.165, 1.54) is 11.8 Å². The summed E-state index contributed by atoms with van der Waals surface area (Å²) in [6.45, 7) is 1.77. The van der Waals surface area contributed by atoms with Crippen LogP contribution in [0.3, 0.4) is 0 Å². The van der Waals surface area contributed by atoms with Crippen molar-refractivity contribution in [2.45, 2.75) is 30.5 Å². The molecule has 1 saturated carbocycles. The zero-order valence-corrected chi connectivity index (χ0v) is 14.8. The second-order valence-electron chi connectivity index (χ2n) is 6.00.